The zero-order valence-corrected chi connectivity index (χ0v) is 19.6. The lowest BCUT2D eigenvalue weighted by Gasteiger charge is -2.54. The third-order valence-electron chi connectivity index (χ3n) is 9.19. The molecule has 4 aliphatic carbocycles. The summed E-state index contributed by atoms with van der Waals surface area (Å²) in [6.45, 7) is 11.9. The van der Waals surface area contributed by atoms with Gasteiger partial charge in [0.05, 0.1) is 0 Å². The van der Waals surface area contributed by atoms with Crippen molar-refractivity contribution in [2.24, 2.45) is 28.4 Å². The fraction of sp³-hybridized carbons (Fsp3) is 0.714. The highest BCUT2D eigenvalue weighted by molar-refractivity contribution is 5.55. The average Bonchev–Trinajstić information content (AvgIpc) is 3.44. The molecule has 3 fully saturated rings. The highest BCUT2D eigenvalue weighted by atomic mass is 14.9. The van der Waals surface area contributed by atoms with Crippen molar-refractivity contribution in [3.8, 4) is 0 Å². The van der Waals surface area contributed by atoms with Crippen molar-refractivity contribution in [1.29, 1.82) is 0 Å². The van der Waals surface area contributed by atoms with Crippen molar-refractivity contribution in [3.63, 3.8) is 0 Å². The molecule has 0 radical (unpaired) electrons. The normalized spacial score (nSPS) is 38.5. The molecule has 3 saturated carbocycles. The third kappa shape index (κ3) is 3.06. The minimum atomic E-state index is 0.331. The molecule has 0 aromatic rings. The van der Waals surface area contributed by atoms with Crippen LogP contribution in [0.2, 0.25) is 0 Å². The van der Waals surface area contributed by atoms with Crippen LogP contribution in [0.4, 0.5) is 0 Å². The average molecular weight is 394 g/mol. The van der Waals surface area contributed by atoms with Crippen molar-refractivity contribution in [2.75, 3.05) is 0 Å². The first-order valence-electron chi connectivity index (χ1n) is 12.5. The van der Waals surface area contributed by atoms with Gasteiger partial charge in [0.25, 0.3) is 0 Å². The van der Waals surface area contributed by atoms with Crippen LogP contribution in [0.15, 0.2) is 46.1 Å². The Bertz CT molecular complexity index is 778. The van der Waals surface area contributed by atoms with Crippen molar-refractivity contribution in [2.45, 2.75) is 105 Å². The second kappa shape index (κ2) is 7.88. The van der Waals surface area contributed by atoms with E-state index in [1.165, 1.54) is 57.8 Å². The molecule has 0 aliphatic heterocycles. The Morgan fingerprint density at radius 1 is 1.17 bits per heavy atom. The number of unbranched alkanes of at least 4 members (excludes halogenated alkanes) is 1. The minimum absolute atomic E-state index is 0.331. The highest BCUT2D eigenvalue weighted by Crippen LogP contribution is 2.83. The van der Waals surface area contributed by atoms with Crippen LogP contribution in [0.5, 0.6) is 0 Å². The fourth-order valence-electron chi connectivity index (χ4n) is 7.18. The molecule has 5 atom stereocenters. The summed E-state index contributed by atoms with van der Waals surface area (Å²) in [5, 5.41) is 0. The minimum Gasteiger partial charge on any atom is -0.324 e. The molecule has 1 nitrogen and oxygen atoms in total. The molecule has 0 bridgehead atoms. The van der Waals surface area contributed by atoms with Gasteiger partial charge in [-0.15, -0.1) is 0 Å². The fourth-order valence-corrected chi connectivity index (χ4v) is 7.18. The maximum absolute atomic E-state index is 6.83. The molecule has 4 aliphatic rings. The van der Waals surface area contributed by atoms with E-state index in [-0.39, 0.29) is 0 Å². The van der Waals surface area contributed by atoms with Crippen LogP contribution < -0.4 is 5.73 Å². The van der Waals surface area contributed by atoms with Gasteiger partial charge < -0.3 is 5.73 Å². The van der Waals surface area contributed by atoms with Gasteiger partial charge in [0.1, 0.15) is 0 Å². The van der Waals surface area contributed by atoms with Gasteiger partial charge in [-0.3, -0.25) is 0 Å². The van der Waals surface area contributed by atoms with E-state index in [1.54, 1.807) is 27.9 Å². The van der Waals surface area contributed by atoms with Crippen LogP contribution in [-0.2, 0) is 0 Å². The Morgan fingerprint density at radius 3 is 2.59 bits per heavy atom. The molecule has 160 valence electrons. The first-order valence-corrected chi connectivity index (χ1v) is 12.5. The van der Waals surface area contributed by atoms with Gasteiger partial charge in [-0.25, -0.2) is 0 Å². The maximum atomic E-state index is 6.83. The van der Waals surface area contributed by atoms with E-state index in [4.69, 9.17) is 5.73 Å². The standard InChI is InChI=1S/C28H43N/c1-6-9-11-20-13-14-21(23(12-10-7-2)25(20)19(4)8-3)17-24-26(29)28-18-22(28)15-16-27(24,28)5/h9,11,17,19,22,26H,6-8,10,12-16,18,29H2,1-5H3. The first kappa shape index (κ1) is 21.2. The van der Waals surface area contributed by atoms with Gasteiger partial charge in [0.15, 0.2) is 0 Å². The number of rotatable bonds is 8. The van der Waals surface area contributed by atoms with Gasteiger partial charge in [-0.05, 0) is 103 Å². The lowest BCUT2D eigenvalue weighted by molar-refractivity contribution is 0.102. The number of hydrogen-bond acceptors (Lipinski definition) is 1. The Hall–Kier alpha value is -1.08. The first-order chi connectivity index (χ1) is 13.9. The van der Waals surface area contributed by atoms with Crippen molar-refractivity contribution < 1.29 is 0 Å². The van der Waals surface area contributed by atoms with Crippen molar-refractivity contribution in [1.82, 2.24) is 0 Å². The van der Waals surface area contributed by atoms with E-state index < -0.39 is 0 Å². The molecule has 29 heavy (non-hydrogen) atoms. The molecule has 0 aromatic heterocycles. The molecule has 0 aromatic carbocycles. The Kier molecular flexibility index (Phi) is 5.75. The quantitative estimate of drug-likeness (QED) is 0.450. The molecule has 1 heteroatoms. The van der Waals surface area contributed by atoms with Crippen LogP contribution in [0, 0.1) is 22.7 Å². The summed E-state index contributed by atoms with van der Waals surface area (Å²) >= 11 is 0. The molecule has 1 spiro atoms. The second-order valence-corrected chi connectivity index (χ2v) is 10.6. The van der Waals surface area contributed by atoms with E-state index in [9.17, 15) is 0 Å². The van der Waals surface area contributed by atoms with Gasteiger partial charge in [-0.2, -0.15) is 0 Å². The molecule has 2 N–H and O–H groups in total. The lowest BCUT2D eigenvalue weighted by atomic mass is 9.51. The molecule has 5 unspecified atom stereocenters. The van der Waals surface area contributed by atoms with Crippen LogP contribution in [-0.4, -0.2) is 6.04 Å². The summed E-state index contributed by atoms with van der Waals surface area (Å²) < 4.78 is 0. The van der Waals surface area contributed by atoms with Crippen LogP contribution in [0.3, 0.4) is 0 Å². The molecule has 0 heterocycles. The maximum Gasteiger partial charge on any atom is 0.0331 e. The van der Waals surface area contributed by atoms with Gasteiger partial charge in [0, 0.05) is 11.5 Å². The molecular weight excluding hydrogens is 350 g/mol. The summed E-state index contributed by atoms with van der Waals surface area (Å²) in [6, 6.07) is 0.331. The van der Waals surface area contributed by atoms with Crippen LogP contribution in [0.1, 0.15) is 98.8 Å². The smallest absolute Gasteiger partial charge is 0.0331 e. The summed E-state index contributed by atoms with van der Waals surface area (Å²) in [4.78, 5) is 0. The molecule has 0 amide bonds. The van der Waals surface area contributed by atoms with Crippen LogP contribution in [0.25, 0.3) is 0 Å². The van der Waals surface area contributed by atoms with E-state index >= 15 is 0 Å². The Balaban J connectivity index is 1.76. The molecular formula is C28H43N. The highest BCUT2D eigenvalue weighted by Gasteiger charge is 2.79. The number of nitrogens with two attached hydrogens (primary N) is 1. The summed E-state index contributed by atoms with van der Waals surface area (Å²) in [7, 11) is 0. The zero-order valence-electron chi connectivity index (χ0n) is 19.6. The predicted molar refractivity (Wildman–Crippen MR) is 126 cm³/mol. The van der Waals surface area contributed by atoms with E-state index in [2.05, 4.69) is 52.8 Å². The van der Waals surface area contributed by atoms with E-state index in [1.807, 2.05) is 0 Å². The van der Waals surface area contributed by atoms with E-state index in [0.29, 0.717) is 22.8 Å². The SMILES string of the molecule is CCC=CC1=C(C(C)CC)C(CCCC)=C(C=C2C(N)C34CC3CCC24C)CC1. The third-order valence-corrected chi connectivity index (χ3v) is 9.19. The number of allylic oxidation sites excluding steroid dienone is 7. The second-order valence-electron chi connectivity index (χ2n) is 10.6. The summed E-state index contributed by atoms with van der Waals surface area (Å²) in [6.07, 6.45) is 20.1. The summed E-state index contributed by atoms with van der Waals surface area (Å²) in [5.41, 5.74) is 15.9. The summed E-state index contributed by atoms with van der Waals surface area (Å²) in [5.74, 6) is 1.57. The van der Waals surface area contributed by atoms with Crippen LogP contribution >= 0.6 is 0 Å². The van der Waals surface area contributed by atoms with E-state index in [0.717, 1.165) is 12.3 Å². The van der Waals surface area contributed by atoms with Gasteiger partial charge in [0.2, 0.25) is 0 Å². The predicted octanol–water partition coefficient (Wildman–Crippen LogP) is 7.65. The van der Waals surface area contributed by atoms with Gasteiger partial charge >= 0.3 is 0 Å². The number of hydrogen-bond donors (Lipinski definition) is 1. The molecule has 0 saturated heterocycles. The largest absolute Gasteiger partial charge is 0.324 e. The topological polar surface area (TPSA) is 26.0 Å². The molecule has 4 rings (SSSR count). The van der Waals surface area contributed by atoms with Crippen molar-refractivity contribution in [3.05, 3.63) is 46.1 Å². The lowest BCUT2D eigenvalue weighted by Crippen LogP contribution is -2.58. The Labute approximate surface area is 179 Å². The van der Waals surface area contributed by atoms with Gasteiger partial charge in [-0.1, -0.05) is 59.3 Å². The Morgan fingerprint density at radius 2 is 1.93 bits per heavy atom. The van der Waals surface area contributed by atoms with Crippen molar-refractivity contribution >= 4 is 0 Å². The monoisotopic (exact) mass is 393 g/mol. The zero-order chi connectivity index (χ0) is 20.8.